The van der Waals surface area contributed by atoms with Crippen molar-refractivity contribution in [2.24, 2.45) is 0 Å². The molecule has 2 aromatic heterocycles. The van der Waals surface area contributed by atoms with Gasteiger partial charge in [-0.15, -0.1) is 22.7 Å². The fourth-order valence-corrected chi connectivity index (χ4v) is 4.88. The van der Waals surface area contributed by atoms with E-state index >= 15 is 0 Å². The first-order chi connectivity index (χ1) is 14.3. The zero-order chi connectivity index (χ0) is 21.8. The molecule has 0 saturated heterocycles. The number of esters is 1. The standard InChI is InChI=1S/C23H23N3O2S2/c1-6-28-23(27)20-15(4)16(5)30-22(20)25-11-17(10-24)21-26-19(12-29-21)18-8-7-13(2)9-14(18)3/h7-9,11-12,25H,6H2,1-5H3. The third kappa shape index (κ3) is 4.45. The Hall–Kier alpha value is -2.95. The van der Waals surface area contributed by atoms with Crippen LogP contribution in [-0.2, 0) is 4.74 Å². The van der Waals surface area contributed by atoms with Crippen molar-refractivity contribution in [1.82, 2.24) is 4.98 Å². The van der Waals surface area contributed by atoms with Crippen LogP contribution >= 0.6 is 22.7 Å². The highest BCUT2D eigenvalue weighted by Gasteiger charge is 2.20. The minimum atomic E-state index is -0.361. The average Bonchev–Trinajstić information content (AvgIpc) is 3.28. The van der Waals surface area contributed by atoms with Crippen molar-refractivity contribution in [1.29, 1.82) is 5.26 Å². The van der Waals surface area contributed by atoms with E-state index in [1.54, 1.807) is 13.1 Å². The van der Waals surface area contributed by atoms with Crippen molar-refractivity contribution >= 4 is 39.2 Å². The summed E-state index contributed by atoms with van der Waals surface area (Å²) in [6.45, 7) is 10.1. The topological polar surface area (TPSA) is 75.0 Å². The molecule has 0 aliphatic heterocycles. The summed E-state index contributed by atoms with van der Waals surface area (Å²) >= 11 is 2.89. The number of hydrogen-bond donors (Lipinski definition) is 1. The van der Waals surface area contributed by atoms with Gasteiger partial charge in [-0.05, 0) is 45.7 Å². The van der Waals surface area contributed by atoms with Crippen molar-refractivity contribution in [2.45, 2.75) is 34.6 Å². The van der Waals surface area contributed by atoms with Crippen LogP contribution < -0.4 is 5.32 Å². The molecule has 1 aromatic carbocycles. The van der Waals surface area contributed by atoms with Gasteiger partial charge in [-0.2, -0.15) is 5.26 Å². The van der Waals surface area contributed by atoms with Crippen LogP contribution in [0.2, 0.25) is 0 Å². The molecule has 3 rings (SSSR count). The zero-order valence-electron chi connectivity index (χ0n) is 17.6. The SMILES string of the molecule is CCOC(=O)c1c(NC=C(C#N)c2nc(-c3ccc(C)cc3C)cs2)sc(C)c1C. The van der Waals surface area contributed by atoms with Crippen LogP contribution in [0.5, 0.6) is 0 Å². The maximum absolute atomic E-state index is 12.3. The Kier molecular flexibility index (Phi) is 6.70. The Morgan fingerprint density at radius 2 is 2.07 bits per heavy atom. The largest absolute Gasteiger partial charge is 0.462 e. The molecule has 0 bridgehead atoms. The molecule has 0 saturated carbocycles. The summed E-state index contributed by atoms with van der Waals surface area (Å²) in [5.41, 5.74) is 6.08. The first kappa shape index (κ1) is 21.8. The lowest BCUT2D eigenvalue weighted by Gasteiger charge is -2.05. The fourth-order valence-electron chi connectivity index (χ4n) is 3.08. The number of ether oxygens (including phenoxy) is 1. The summed E-state index contributed by atoms with van der Waals surface area (Å²) in [5.74, 6) is -0.361. The summed E-state index contributed by atoms with van der Waals surface area (Å²) in [4.78, 5) is 18.0. The maximum Gasteiger partial charge on any atom is 0.341 e. The van der Waals surface area contributed by atoms with Crippen molar-refractivity contribution in [3.05, 3.63) is 61.9 Å². The monoisotopic (exact) mass is 437 g/mol. The third-order valence-electron chi connectivity index (χ3n) is 4.73. The van der Waals surface area contributed by atoms with E-state index in [-0.39, 0.29) is 5.97 Å². The van der Waals surface area contributed by atoms with Gasteiger partial charge in [-0.25, -0.2) is 9.78 Å². The molecule has 154 valence electrons. The number of anilines is 1. The van der Waals surface area contributed by atoms with Crippen molar-refractivity contribution in [3.63, 3.8) is 0 Å². The molecule has 2 heterocycles. The fraction of sp³-hybridized carbons (Fsp3) is 0.261. The van der Waals surface area contributed by atoms with Crippen LogP contribution in [0.1, 0.15) is 43.9 Å². The summed E-state index contributed by atoms with van der Waals surface area (Å²) in [7, 11) is 0. The van der Waals surface area contributed by atoms with Crippen molar-refractivity contribution in [3.8, 4) is 17.3 Å². The smallest absolute Gasteiger partial charge is 0.341 e. The Labute approximate surface area is 184 Å². The van der Waals surface area contributed by atoms with E-state index in [2.05, 4.69) is 48.4 Å². The van der Waals surface area contributed by atoms with E-state index in [9.17, 15) is 10.1 Å². The van der Waals surface area contributed by atoms with Crippen molar-refractivity contribution in [2.75, 3.05) is 11.9 Å². The molecule has 0 unspecified atom stereocenters. The molecule has 0 aliphatic carbocycles. The van der Waals surface area contributed by atoms with Crippen LogP contribution in [0.25, 0.3) is 16.8 Å². The Bertz CT molecular complexity index is 1170. The highest BCUT2D eigenvalue weighted by Crippen LogP contribution is 2.34. The van der Waals surface area contributed by atoms with E-state index in [4.69, 9.17) is 4.74 Å². The van der Waals surface area contributed by atoms with Gasteiger partial charge in [-0.1, -0.05) is 23.8 Å². The van der Waals surface area contributed by atoms with Gasteiger partial charge in [0.2, 0.25) is 0 Å². The highest BCUT2D eigenvalue weighted by molar-refractivity contribution is 7.16. The minimum Gasteiger partial charge on any atom is -0.462 e. The Balaban J connectivity index is 1.90. The number of hydrogen-bond acceptors (Lipinski definition) is 7. The second-order valence-corrected chi connectivity index (χ2v) is 8.96. The van der Waals surface area contributed by atoms with Gasteiger partial charge in [0, 0.05) is 22.0 Å². The van der Waals surface area contributed by atoms with E-state index in [0.717, 1.165) is 27.3 Å². The molecule has 30 heavy (non-hydrogen) atoms. The van der Waals surface area contributed by atoms with Crippen LogP contribution in [0.4, 0.5) is 5.00 Å². The summed E-state index contributed by atoms with van der Waals surface area (Å²) in [6.07, 6.45) is 1.61. The van der Waals surface area contributed by atoms with E-state index in [1.165, 1.54) is 28.2 Å². The number of carbonyl (C=O) groups excluding carboxylic acids is 1. The van der Waals surface area contributed by atoms with Gasteiger partial charge in [0.15, 0.2) is 0 Å². The molecular weight excluding hydrogens is 414 g/mol. The number of thiazole rings is 1. The van der Waals surface area contributed by atoms with Crippen LogP contribution in [-0.4, -0.2) is 17.6 Å². The first-order valence-electron chi connectivity index (χ1n) is 9.53. The number of benzene rings is 1. The highest BCUT2D eigenvalue weighted by atomic mass is 32.1. The zero-order valence-corrected chi connectivity index (χ0v) is 19.3. The maximum atomic E-state index is 12.3. The molecule has 1 N–H and O–H groups in total. The lowest BCUT2D eigenvalue weighted by molar-refractivity contribution is 0.0527. The predicted octanol–water partition coefficient (Wildman–Crippen LogP) is 6.26. The molecule has 0 aliphatic rings. The normalized spacial score (nSPS) is 11.3. The minimum absolute atomic E-state index is 0.312. The van der Waals surface area contributed by atoms with Gasteiger partial charge in [0.25, 0.3) is 0 Å². The van der Waals surface area contributed by atoms with Gasteiger partial charge < -0.3 is 10.1 Å². The summed E-state index contributed by atoms with van der Waals surface area (Å²) < 4.78 is 5.18. The molecule has 0 atom stereocenters. The van der Waals surface area contributed by atoms with E-state index in [0.29, 0.717) is 27.8 Å². The number of nitrogens with one attached hydrogen (secondary N) is 1. The van der Waals surface area contributed by atoms with Gasteiger partial charge >= 0.3 is 5.97 Å². The number of rotatable bonds is 6. The Morgan fingerprint density at radius 1 is 1.30 bits per heavy atom. The number of aromatic nitrogens is 1. The third-order valence-corrected chi connectivity index (χ3v) is 6.74. The molecule has 3 aromatic rings. The lowest BCUT2D eigenvalue weighted by atomic mass is 10.0. The quantitative estimate of drug-likeness (QED) is 0.364. The number of thiophene rings is 1. The number of aryl methyl sites for hydroxylation is 3. The number of allylic oxidation sites excluding steroid dienone is 1. The number of nitrogens with zero attached hydrogens (tertiary/aromatic N) is 2. The van der Waals surface area contributed by atoms with Gasteiger partial charge in [0.1, 0.15) is 21.7 Å². The van der Waals surface area contributed by atoms with Gasteiger partial charge in [0.05, 0.1) is 17.9 Å². The number of nitriles is 1. The molecular formula is C23H23N3O2S2. The van der Waals surface area contributed by atoms with Crippen LogP contribution in [0.3, 0.4) is 0 Å². The second kappa shape index (κ2) is 9.24. The molecule has 0 fully saturated rings. The second-order valence-electron chi connectivity index (χ2n) is 6.88. The van der Waals surface area contributed by atoms with Crippen LogP contribution in [0, 0.1) is 39.0 Å². The van der Waals surface area contributed by atoms with E-state index < -0.39 is 0 Å². The molecule has 0 amide bonds. The summed E-state index contributed by atoms with van der Waals surface area (Å²) in [6, 6.07) is 8.44. The first-order valence-corrected chi connectivity index (χ1v) is 11.2. The average molecular weight is 438 g/mol. The molecule has 0 radical (unpaired) electrons. The van der Waals surface area contributed by atoms with Gasteiger partial charge in [-0.3, -0.25) is 0 Å². The molecule has 5 nitrogen and oxygen atoms in total. The Morgan fingerprint density at radius 3 is 2.73 bits per heavy atom. The molecule has 7 heteroatoms. The van der Waals surface area contributed by atoms with Crippen LogP contribution in [0.15, 0.2) is 29.8 Å². The molecule has 0 spiro atoms. The van der Waals surface area contributed by atoms with Crippen molar-refractivity contribution < 1.29 is 9.53 Å². The lowest BCUT2D eigenvalue weighted by Crippen LogP contribution is -2.07. The van der Waals surface area contributed by atoms with E-state index in [1.807, 2.05) is 19.2 Å². The number of carbonyl (C=O) groups is 1. The predicted molar refractivity (Wildman–Crippen MR) is 124 cm³/mol. The summed E-state index contributed by atoms with van der Waals surface area (Å²) in [5, 5.41) is 16.1.